The lowest BCUT2D eigenvalue weighted by atomic mass is 9.39. The Morgan fingerprint density at radius 2 is 1.93 bits per heavy atom. The molecule has 0 unspecified atom stereocenters. The first-order valence-corrected chi connectivity index (χ1v) is 12.5. The topological polar surface area (TPSA) is 89.0 Å². The Morgan fingerprint density at radius 1 is 1.20 bits per heavy atom. The molecule has 2 bridgehead atoms. The average molecular weight is 462 g/mol. The van der Waals surface area contributed by atoms with E-state index in [1.165, 1.54) is 12.3 Å². The maximum atomic E-state index is 12.8. The first-order chi connectivity index (χ1) is 14.1. The van der Waals surface area contributed by atoms with Gasteiger partial charge < -0.3 is 5.32 Å². The van der Waals surface area contributed by atoms with Crippen LogP contribution < -0.4 is 5.32 Å². The lowest BCUT2D eigenvalue weighted by Gasteiger charge is -2.69. The van der Waals surface area contributed by atoms with Crippen molar-refractivity contribution in [3.63, 3.8) is 0 Å². The Kier molecular flexibility index (Phi) is 4.30. The molecule has 0 aliphatic heterocycles. The Labute approximate surface area is 183 Å². The molecule has 3 fully saturated rings. The number of aromatic nitrogens is 2. The van der Waals surface area contributed by atoms with Crippen LogP contribution in [0.5, 0.6) is 0 Å². The highest BCUT2D eigenvalue weighted by atomic mass is 35.5. The molecule has 9 heteroatoms. The number of halogens is 1. The van der Waals surface area contributed by atoms with Crippen LogP contribution in [0.3, 0.4) is 0 Å². The molecule has 3 aliphatic carbocycles. The number of carbonyl (C=O) groups is 1. The van der Waals surface area contributed by atoms with Crippen molar-refractivity contribution in [3.8, 4) is 0 Å². The number of fused-ring (bicyclic) bond motifs is 1. The molecule has 2 aromatic heterocycles. The van der Waals surface area contributed by atoms with Gasteiger partial charge >= 0.3 is 0 Å². The van der Waals surface area contributed by atoms with Crippen LogP contribution in [-0.4, -0.2) is 35.1 Å². The number of hydrogen-bond acceptors (Lipinski definition) is 6. The Balaban J connectivity index is 1.30. The number of carbonyl (C=O) groups excluding carboxylic acids is 1. The van der Waals surface area contributed by atoms with Crippen molar-refractivity contribution >= 4 is 48.9 Å². The predicted molar refractivity (Wildman–Crippen MR) is 117 cm³/mol. The number of amides is 1. The molecule has 6 nitrogen and oxygen atoms in total. The summed E-state index contributed by atoms with van der Waals surface area (Å²) in [6.45, 7) is 3.20. The molecule has 0 saturated heterocycles. The van der Waals surface area contributed by atoms with Gasteiger partial charge in [-0.05, 0) is 63.4 Å². The molecule has 1 N–H and O–H groups in total. The molecule has 30 heavy (non-hydrogen) atoms. The molecule has 156 valence electrons. The summed E-state index contributed by atoms with van der Waals surface area (Å²) in [5.74, 6) is -0.262. The second-order valence-electron chi connectivity index (χ2n) is 8.65. The van der Waals surface area contributed by atoms with Crippen LogP contribution in [0.4, 0.5) is 0 Å². The molecule has 0 radical (unpaired) electrons. The quantitative estimate of drug-likeness (QED) is 0.617. The zero-order valence-electron chi connectivity index (χ0n) is 16.5. The first-order valence-electron chi connectivity index (χ1n) is 9.72. The van der Waals surface area contributed by atoms with Crippen molar-refractivity contribution in [1.29, 1.82) is 0 Å². The van der Waals surface area contributed by atoms with Gasteiger partial charge in [-0.2, -0.15) is 0 Å². The van der Waals surface area contributed by atoms with Gasteiger partial charge in [-0.15, -0.1) is 11.3 Å². The predicted octanol–water partition coefficient (Wildman–Crippen LogP) is 4.13. The number of pyridine rings is 1. The monoisotopic (exact) mass is 461 g/mol. The van der Waals surface area contributed by atoms with Gasteiger partial charge in [-0.25, -0.2) is 18.4 Å². The molecule has 2 heterocycles. The van der Waals surface area contributed by atoms with Gasteiger partial charge in [0.1, 0.15) is 5.01 Å². The van der Waals surface area contributed by atoms with E-state index in [2.05, 4.69) is 10.3 Å². The van der Waals surface area contributed by atoms with Gasteiger partial charge in [-0.3, -0.25) is 4.79 Å². The molecule has 3 aromatic rings. The minimum atomic E-state index is -3.53. The highest BCUT2D eigenvalue weighted by Crippen LogP contribution is 2.68. The van der Waals surface area contributed by atoms with Crippen LogP contribution in [0.2, 0.25) is 5.02 Å². The van der Waals surface area contributed by atoms with E-state index in [-0.39, 0.29) is 21.9 Å². The van der Waals surface area contributed by atoms with Crippen LogP contribution in [0.15, 0.2) is 41.6 Å². The van der Waals surface area contributed by atoms with E-state index < -0.39 is 15.1 Å². The number of hydrogen-bond donors (Lipinski definition) is 1. The molecular formula is C21H20ClN3O3S2. The summed E-state index contributed by atoms with van der Waals surface area (Å²) in [5.41, 5.74) is 1.04. The molecular weight excluding hydrogens is 442 g/mol. The fourth-order valence-electron chi connectivity index (χ4n) is 4.54. The number of rotatable bonds is 5. The highest BCUT2D eigenvalue weighted by molar-refractivity contribution is 7.91. The summed E-state index contributed by atoms with van der Waals surface area (Å²) >= 11 is 7.76. The van der Waals surface area contributed by atoms with Gasteiger partial charge in [0.2, 0.25) is 0 Å². The van der Waals surface area contributed by atoms with E-state index in [1.54, 1.807) is 31.3 Å². The SMILES string of the molecule is CC(C)S(=O)(=O)c1cc(C(=O)NC23CC(c4nc5cc(Cl)ccc5s4)(C2)C3)ccn1. The number of nitrogens with one attached hydrogen (secondary N) is 1. The van der Waals surface area contributed by atoms with Crippen molar-refractivity contribution in [3.05, 3.63) is 52.1 Å². The summed E-state index contributed by atoms with van der Waals surface area (Å²) in [4.78, 5) is 21.5. The Hall–Kier alpha value is -2.03. The van der Waals surface area contributed by atoms with E-state index in [1.807, 2.05) is 18.2 Å². The lowest BCUT2D eigenvalue weighted by Crippen LogP contribution is -2.76. The highest BCUT2D eigenvalue weighted by Gasteiger charge is 2.70. The third-order valence-electron chi connectivity index (χ3n) is 6.12. The summed E-state index contributed by atoms with van der Waals surface area (Å²) in [6.07, 6.45) is 3.92. The van der Waals surface area contributed by atoms with Gasteiger partial charge in [0, 0.05) is 27.7 Å². The lowest BCUT2D eigenvalue weighted by molar-refractivity contribution is -0.0807. The van der Waals surface area contributed by atoms with E-state index in [9.17, 15) is 13.2 Å². The van der Waals surface area contributed by atoms with Crippen molar-refractivity contribution in [1.82, 2.24) is 15.3 Å². The normalized spacial score (nSPS) is 25.1. The molecule has 1 amide bonds. The van der Waals surface area contributed by atoms with E-state index in [0.29, 0.717) is 10.6 Å². The van der Waals surface area contributed by atoms with Crippen LogP contribution in [0.1, 0.15) is 48.5 Å². The number of sulfone groups is 1. The van der Waals surface area contributed by atoms with Crippen molar-refractivity contribution < 1.29 is 13.2 Å². The van der Waals surface area contributed by atoms with Gasteiger partial charge in [0.05, 0.1) is 15.5 Å². The maximum absolute atomic E-state index is 12.8. The third kappa shape index (κ3) is 2.96. The Bertz CT molecular complexity index is 1280. The molecule has 1 aromatic carbocycles. The summed E-state index contributed by atoms with van der Waals surface area (Å²) in [6, 6.07) is 8.66. The number of thiazole rings is 1. The fraction of sp³-hybridized carbons (Fsp3) is 0.381. The zero-order chi connectivity index (χ0) is 21.3. The van der Waals surface area contributed by atoms with E-state index in [0.717, 1.165) is 34.5 Å². The molecule has 6 rings (SSSR count). The van der Waals surface area contributed by atoms with Crippen LogP contribution in [-0.2, 0) is 15.3 Å². The smallest absolute Gasteiger partial charge is 0.251 e. The molecule has 3 aliphatic rings. The third-order valence-corrected chi connectivity index (χ3v) is 9.69. The van der Waals surface area contributed by atoms with Crippen LogP contribution in [0, 0.1) is 0 Å². The molecule has 0 atom stereocenters. The number of benzene rings is 1. The zero-order valence-corrected chi connectivity index (χ0v) is 18.9. The van der Waals surface area contributed by atoms with Gasteiger partial charge in [0.25, 0.3) is 5.91 Å². The summed E-state index contributed by atoms with van der Waals surface area (Å²) in [7, 11) is -3.53. The minimum Gasteiger partial charge on any atom is -0.346 e. The molecule has 0 spiro atoms. The second kappa shape index (κ2) is 6.48. The average Bonchev–Trinajstić information content (AvgIpc) is 3.05. The van der Waals surface area contributed by atoms with Crippen LogP contribution in [0.25, 0.3) is 10.2 Å². The van der Waals surface area contributed by atoms with Crippen LogP contribution >= 0.6 is 22.9 Å². The Morgan fingerprint density at radius 3 is 2.63 bits per heavy atom. The fourth-order valence-corrected chi connectivity index (χ4v) is 6.81. The molecule has 3 saturated carbocycles. The van der Waals surface area contributed by atoms with E-state index >= 15 is 0 Å². The van der Waals surface area contributed by atoms with Crippen molar-refractivity contribution in [2.45, 2.75) is 54.3 Å². The summed E-state index contributed by atoms with van der Waals surface area (Å²) in [5, 5.41) is 4.24. The largest absolute Gasteiger partial charge is 0.346 e. The minimum absolute atomic E-state index is 0.0355. The standard InChI is InChI=1S/C21H20ClN3O3S2/c1-12(2)30(27,28)17-7-13(5-6-23-17)18(26)25-21-9-20(10-21,11-21)19-24-15-8-14(22)3-4-16(15)29-19/h3-8,12H,9-11H2,1-2H3,(H,25,26). The van der Waals surface area contributed by atoms with Gasteiger partial charge in [-0.1, -0.05) is 11.6 Å². The second-order valence-corrected chi connectivity index (χ2v) is 12.6. The van der Waals surface area contributed by atoms with Crippen molar-refractivity contribution in [2.75, 3.05) is 0 Å². The van der Waals surface area contributed by atoms with Crippen molar-refractivity contribution in [2.24, 2.45) is 0 Å². The van der Waals surface area contributed by atoms with E-state index in [4.69, 9.17) is 16.6 Å². The van der Waals surface area contributed by atoms with Gasteiger partial charge in [0.15, 0.2) is 14.9 Å². The summed E-state index contributed by atoms with van der Waals surface area (Å²) < 4.78 is 25.8. The first kappa shape index (κ1) is 19.9. The maximum Gasteiger partial charge on any atom is 0.251 e. The number of nitrogens with zero attached hydrogens (tertiary/aromatic N) is 2.